The van der Waals surface area contributed by atoms with Gasteiger partial charge in [-0.25, -0.2) is 0 Å². The van der Waals surface area contributed by atoms with Gasteiger partial charge in [-0.1, -0.05) is 33.1 Å². The molecular weight excluding hydrogens is 248 g/mol. The molecule has 0 bridgehead atoms. The maximum absolute atomic E-state index is 10.7. The van der Waals surface area contributed by atoms with Crippen molar-refractivity contribution in [3.63, 3.8) is 0 Å². The molecule has 1 aliphatic carbocycles. The number of likely N-dealkylation sites (tertiary alicyclic amines) is 1. The van der Waals surface area contributed by atoms with Gasteiger partial charge in [0.05, 0.1) is 5.60 Å². The molecule has 118 valence electrons. The Hall–Kier alpha value is -0.120. The summed E-state index contributed by atoms with van der Waals surface area (Å²) in [5, 5.41) is 14.3. The van der Waals surface area contributed by atoms with Crippen LogP contribution < -0.4 is 5.32 Å². The molecule has 1 heterocycles. The van der Waals surface area contributed by atoms with E-state index in [1.54, 1.807) is 0 Å². The van der Waals surface area contributed by atoms with Crippen molar-refractivity contribution in [3.05, 3.63) is 0 Å². The zero-order valence-electron chi connectivity index (χ0n) is 13.5. The van der Waals surface area contributed by atoms with Crippen LogP contribution >= 0.6 is 0 Å². The van der Waals surface area contributed by atoms with Crippen LogP contribution in [0.1, 0.15) is 58.8 Å². The summed E-state index contributed by atoms with van der Waals surface area (Å²) < 4.78 is 0. The Bertz CT molecular complexity index is 274. The van der Waals surface area contributed by atoms with Crippen molar-refractivity contribution in [1.29, 1.82) is 0 Å². The van der Waals surface area contributed by atoms with E-state index in [1.165, 1.54) is 45.2 Å². The SMILES string of the molecule is CC(C)CNCC1CCCN(CC2(O)CCCCC2)C1. The fourth-order valence-electron chi connectivity index (χ4n) is 3.82. The topological polar surface area (TPSA) is 35.5 Å². The van der Waals surface area contributed by atoms with Gasteiger partial charge >= 0.3 is 0 Å². The number of nitrogens with zero attached hydrogens (tertiary/aromatic N) is 1. The summed E-state index contributed by atoms with van der Waals surface area (Å²) in [6, 6.07) is 0. The van der Waals surface area contributed by atoms with Gasteiger partial charge in [-0.2, -0.15) is 0 Å². The first-order valence-electron chi connectivity index (χ1n) is 8.73. The van der Waals surface area contributed by atoms with Gasteiger partial charge in [-0.3, -0.25) is 0 Å². The third-order valence-electron chi connectivity index (χ3n) is 4.89. The molecule has 1 atom stereocenters. The molecule has 1 saturated heterocycles. The third kappa shape index (κ3) is 5.34. The van der Waals surface area contributed by atoms with Crippen LogP contribution in [0, 0.1) is 11.8 Å². The van der Waals surface area contributed by atoms with E-state index in [0.717, 1.165) is 44.3 Å². The second kappa shape index (κ2) is 7.77. The molecule has 1 aliphatic heterocycles. The summed E-state index contributed by atoms with van der Waals surface area (Å²) in [5.74, 6) is 1.51. The monoisotopic (exact) mass is 282 g/mol. The maximum atomic E-state index is 10.7. The normalized spacial score (nSPS) is 27.9. The molecule has 3 nitrogen and oxygen atoms in total. The zero-order valence-corrected chi connectivity index (χ0v) is 13.5. The highest BCUT2D eigenvalue weighted by Gasteiger charge is 2.32. The smallest absolute Gasteiger partial charge is 0.0774 e. The van der Waals surface area contributed by atoms with E-state index in [2.05, 4.69) is 24.1 Å². The molecule has 0 aromatic carbocycles. The highest BCUT2D eigenvalue weighted by Crippen LogP contribution is 2.30. The van der Waals surface area contributed by atoms with E-state index in [1.807, 2.05) is 0 Å². The molecule has 3 heteroatoms. The van der Waals surface area contributed by atoms with Gasteiger partial charge in [0.25, 0.3) is 0 Å². The first kappa shape index (κ1) is 16.3. The van der Waals surface area contributed by atoms with Gasteiger partial charge in [0.1, 0.15) is 0 Å². The maximum Gasteiger partial charge on any atom is 0.0774 e. The summed E-state index contributed by atoms with van der Waals surface area (Å²) in [4.78, 5) is 2.52. The van der Waals surface area contributed by atoms with Gasteiger partial charge < -0.3 is 15.3 Å². The largest absolute Gasteiger partial charge is 0.389 e. The van der Waals surface area contributed by atoms with Crippen LogP contribution in [0.5, 0.6) is 0 Å². The van der Waals surface area contributed by atoms with Gasteiger partial charge in [0, 0.05) is 13.1 Å². The molecule has 0 aromatic rings. The Morgan fingerprint density at radius 3 is 2.65 bits per heavy atom. The Labute approximate surface area is 125 Å². The summed E-state index contributed by atoms with van der Waals surface area (Å²) >= 11 is 0. The summed E-state index contributed by atoms with van der Waals surface area (Å²) in [6.45, 7) is 10.1. The Morgan fingerprint density at radius 2 is 1.95 bits per heavy atom. The van der Waals surface area contributed by atoms with Crippen LogP contribution in [-0.4, -0.2) is 48.3 Å². The predicted octanol–water partition coefficient (Wildman–Crippen LogP) is 2.64. The number of aliphatic hydroxyl groups is 1. The predicted molar refractivity (Wildman–Crippen MR) is 84.9 cm³/mol. The van der Waals surface area contributed by atoms with Gasteiger partial charge in [0.15, 0.2) is 0 Å². The van der Waals surface area contributed by atoms with Crippen LogP contribution in [0.2, 0.25) is 0 Å². The van der Waals surface area contributed by atoms with Gasteiger partial charge in [-0.15, -0.1) is 0 Å². The highest BCUT2D eigenvalue weighted by molar-refractivity contribution is 4.87. The van der Waals surface area contributed by atoms with Crippen molar-refractivity contribution < 1.29 is 5.11 Å². The molecule has 2 rings (SSSR count). The van der Waals surface area contributed by atoms with E-state index in [4.69, 9.17) is 0 Å². The zero-order chi connectivity index (χ0) is 14.4. The lowest BCUT2D eigenvalue weighted by atomic mass is 9.84. The van der Waals surface area contributed by atoms with Crippen molar-refractivity contribution in [3.8, 4) is 0 Å². The molecule has 2 fully saturated rings. The first-order valence-corrected chi connectivity index (χ1v) is 8.73. The number of rotatable bonds is 6. The molecule has 2 N–H and O–H groups in total. The minimum absolute atomic E-state index is 0.383. The van der Waals surface area contributed by atoms with Crippen LogP contribution in [0.4, 0.5) is 0 Å². The lowest BCUT2D eigenvalue weighted by molar-refractivity contribution is -0.0343. The van der Waals surface area contributed by atoms with E-state index >= 15 is 0 Å². The number of β-amino-alcohol motifs (C(OH)–C–C–N with tert-alkyl or cyclic N) is 1. The first-order chi connectivity index (χ1) is 9.57. The van der Waals surface area contributed by atoms with Crippen LogP contribution in [0.15, 0.2) is 0 Å². The van der Waals surface area contributed by atoms with Crippen LogP contribution in [0.25, 0.3) is 0 Å². The minimum atomic E-state index is -0.383. The van der Waals surface area contributed by atoms with Crippen molar-refractivity contribution >= 4 is 0 Å². The van der Waals surface area contributed by atoms with E-state index in [9.17, 15) is 5.11 Å². The summed E-state index contributed by atoms with van der Waals surface area (Å²) in [7, 11) is 0. The minimum Gasteiger partial charge on any atom is -0.389 e. The number of piperidine rings is 1. The number of hydrogen-bond donors (Lipinski definition) is 2. The molecule has 0 aromatic heterocycles. The average Bonchev–Trinajstić information content (AvgIpc) is 2.39. The molecule has 1 unspecified atom stereocenters. The molecule has 0 amide bonds. The lowest BCUT2D eigenvalue weighted by Crippen LogP contribution is -2.49. The molecule has 20 heavy (non-hydrogen) atoms. The van der Waals surface area contributed by atoms with Crippen molar-refractivity contribution in [2.24, 2.45) is 11.8 Å². The number of hydrogen-bond acceptors (Lipinski definition) is 3. The highest BCUT2D eigenvalue weighted by atomic mass is 16.3. The Morgan fingerprint density at radius 1 is 1.20 bits per heavy atom. The van der Waals surface area contributed by atoms with Crippen LogP contribution in [-0.2, 0) is 0 Å². The van der Waals surface area contributed by atoms with Crippen molar-refractivity contribution in [1.82, 2.24) is 10.2 Å². The second-order valence-electron chi connectivity index (χ2n) is 7.58. The van der Waals surface area contributed by atoms with Crippen molar-refractivity contribution in [2.75, 3.05) is 32.7 Å². The molecule has 1 saturated carbocycles. The molecule has 0 radical (unpaired) electrons. The summed E-state index contributed by atoms with van der Waals surface area (Å²) in [6.07, 6.45) is 8.40. The summed E-state index contributed by atoms with van der Waals surface area (Å²) in [5.41, 5.74) is -0.383. The Kier molecular flexibility index (Phi) is 6.31. The molecule has 2 aliphatic rings. The molecule has 0 spiro atoms. The van der Waals surface area contributed by atoms with Crippen LogP contribution in [0.3, 0.4) is 0 Å². The van der Waals surface area contributed by atoms with E-state index < -0.39 is 0 Å². The number of nitrogens with one attached hydrogen (secondary N) is 1. The average molecular weight is 282 g/mol. The van der Waals surface area contributed by atoms with E-state index in [-0.39, 0.29) is 5.60 Å². The fraction of sp³-hybridized carbons (Fsp3) is 1.00. The van der Waals surface area contributed by atoms with Gasteiger partial charge in [0.2, 0.25) is 0 Å². The van der Waals surface area contributed by atoms with Gasteiger partial charge in [-0.05, 0) is 57.2 Å². The Balaban J connectivity index is 1.72. The van der Waals surface area contributed by atoms with E-state index in [0.29, 0.717) is 0 Å². The third-order valence-corrected chi connectivity index (χ3v) is 4.89. The lowest BCUT2D eigenvalue weighted by Gasteiger charge is -2.40. The fourth-order valence-corrected chi connectivity index (χ4v) is 3.82. The molecular formula is C17H34N2O. The second-order valence-corrected chi connectivity index (χ2v) is 7.58. The quantitative estimate of drug-likeness (QED) is 0.786. The standard InChI is InChI=1S/C17H34N2O/c1-15(2)11-18-12-16-7-6-10-19(13-16)14-17(20)8-4-3-5-9-17/h15-16,18,20H,3-14H2,1-2H3. The van der Waals surface area contributed by atoms with Crippen molar-refractivity contribution in [2.45, 2.75) is 64.4 Å².